The molecule has 1 aromatic heterocycles. The van der Waals surface area contributed by atoms with Gasteiger partial charge in [-0.3, -0.25) is 9.69 Å². The highest BCUT2D eigenvalue weighted by molar-refractivity contribution is 5.74. The lowest BCUT2D eigenvalue weighted by Gasteiger charge is -2.37. The fraction of sp³-hybridized carbons (Fsp3) is 0.714. The molecule has 2 rings (SSSR count). The Morgan fingerprint density at radius 1 is 1.58 bits per heavy atom. The Bertz CT molecular complexity index is 430. The molecule has 1 fully saturated rings. The van der Waals surface area contributed by atoms with E-state index in [1.807, 2.05) is 19.4 Å². The van der Waals surface area contributed by atoms with Crippen LogP contribution in [-0.2, 0) is 17.9 Å². The number of aromatic nitrogens is 2. The second-order valence-electron chi connectivity index (χ2n) is 5.45. The third kappa shape index (κ3) is 3.15. The largest absolute Gasteiger partial charge is 0.480 e. The first-order valence-electron chi connectivity index (χ1n) is 7.09. The van der Waals surface area contributed by atoms with Crippen molar-refractivity contribution in [2.75, 3.05) is 6.54 Å². The smallest absolute Gasteiger partial charge is 0.321 e. The number of likely N-dealkylation sites (tertiary alicyclic amines) is 1. The van der Waals surface area contributed by atoms with Crippen molar-refractivity contribution in [2.24, 2.45) is 5.92 Å². The Kier molecular flexibility index (Phi) is 4.58. The number of aryl methyl sites for hydroxylation is 1. The third-order valence-corrected chi connectivity index (χ3v) is 3.92. The van der Waals surface area contributed by atoms with Gasteiger partial charge in [0.05, 0.1) is 12.0 Å². The number of carboxylic acid groups (broad SMARTS) is 1. The van der Waals surface area contributed by atoms with Crippen LogP contribution in [0.3, 0.4) is 0 Å². The van der Waals surface area contributed by atoms with Crippen LogP contribution >= 0.6 is 0 Å². The van der Waals surface area contributed by atoms with E-state index in [9.17, 15) is 9.90 Å². The molecule has 0 aliphatic carbocycles. The highest BCUT2D eigenvalue weighted by Gasteiger charge is 2.34. The summed E-state index contributed by atoms with van der Waals surface area (Å²) in [5.41, 5.74) is 1.11. The molecule has 1 saturated heterocycles. The van der Waals surface area contributed by atoms with E-state index in [0.29, 0.717) is 6.54 Å². The minimum atomic E-state index is -0.700. The maximum Gasteiger partial charge on any atom is 0.321 e. The molecular formula is C14H23N3O2. The predicted molar refractivity (Wildman–Crippen MR) is 72.7 cm³/mol. The van der Waals surface area contributed by atoms with Crippen molar-refractivity contribution < 1.29 is 9.90 Å². The topological polar surface area (TPSA) is 58.4 Å². The number of carboxylic acids is 1. The molecule has 0 saturated carbocycles. The molecule has 0 bridgehead atoms. The number of rotatable bonds is 5. The molecule has 1 N–H and O–H groups in total. The molecular weight excluding hydrogens is 242 g/mol. The van der Waals surface area contributed by atoms with Crippen molar-refractivity contribution in [3.05, 3.63) is 18.2 Å². The van der Waals surface area contributed by atoms with Gasteiger partial charge in [-0.25, -0.2) is 4.98 Å². The zero-order chi connectivity index (χ0) is 13.8. The number of aliphatic carboxylic acids is 1. The summed E-state index contributed by atoms with van der Waals surface area (Å²) in [6.07, 6.45) is 6.83. The highest BCUT2D eigenvalue weighted by atomic mass is 16.4. The Hall–Kier alpha value is -1.36. The zero-order valence-electron chi connectivity index (χ0n) is 11.7. The summed E-state index contributed by atoms with van der Waals surface area (Å²) < 4.78 is 2.12. The van der Waals surface area contributed by atoms with Crippen molar-refractivity contribution in [2.45, 2.75) is 52.2 Å². The van der Waals surface area contributed by atoms with E-state index >= 15 is 0 Å². The van der Waals surface area contributed by atoms with E-state index in [4.69, 9.17) is 0 Å². The molecule has 5 nitrogen and oxygen atoms in total. The van der Waals surface area contributed by atoms with Gasteiger partial charge in [-0.15, -0.1) is 0 Å². The van der Waals surface area contributed by atoms with Crippen molar-refractivity contribution >= 4 is 5.97 Å². The summed E-state index contributed by atoms with van der Waals surface area (Å²) >= 11 is 0. The van der Waals surface area contributed by atoms with Crippen LogP contribution in [0.25, 0.3) is 0 Å². The van der Waals surface area contributed by atoms with Gasteiger partial charge in [-0.2, -0.15) is 0 Å². The molecule has 5 heteroatoms. The number of nitrogens with zero attached hydrogens (tertiary/aromatic N) is 3. The molecule has 0 radical (unpaired) electrons. The molecule has 1 aromatic rings. The Labute approximate surface area is 114 Å². The molecule has 2 atom stereocenters. The Balaban J connectivity index is 2.11. The van der Waals surface area contributed by atoms with E-state index < -0.39 is 5.97 Å². The van der Waals surface area contributed by atoms with Crippen LogP contribution in [0.5, 0.6) is 0 Å². The van der Waals surface area contributed by atoms with Gasteiger partial charge in [0.2, 0.25) is 0 Å². The summed E-state index contributed by atoms with van der Waals surface area (Å²) in [6.45, 7) is 6.65. The monoisotopic (exact) mass is 265 g/mol. The van der Waals surface area contributed by atoms with Crippen LogP contribution in [0, 0.1) is 5.92 Å². The van der Waals surface area contributed by atoms with Crippen LogP contribution in [-0.4, -0.2) is 38.1 Å². The second-order valence-corrected chi connectivity index (χ2v) is 5.45. The van der Waals surface area contributed by atoms with Crippen molar-refractivity contribution in [3.8, 4) is 0 Å². The van der Waals surface area contributed by atoms with Crippen LogP contribution in [0.1, 0.15) is 38.8 Å². The van der Waals surface area contributed by atoms with Gasteiger partial charge in [-0.05, 0) is 31.7 Å². The summed E-state index contributed by atoms with van der Waals surface area (Å²) in [6, 6.07) is -0.362. The molecule has 2 unspecified atom stereocenters. The SMILES string of the molecule is CCCn1cncc1CN1CCCC(C)C1C(=O)O. The lowest BCUT2D eigenvalue weighted by molar-refractivity contribution is -0.147. The maximum absolute atomic E-state index is 11.5. The van der Waals surface area contributed by atoms with E-state index in [1.165, 1.54) is 0 Å². The molecule has 0 amide bonds. The van der Waals surface area contributed by atoms with E-state index in [1.54, 1.807) is 0 Å². The van der Waals surface area contributed by atoms with Gasteiger partial charge in [-0.1, -0.05) is 13.8 Å². The van der Waals surface area contributed by atoms with Gasteiger partial charge in [0, 0.05) is 19.3 Å². The van der Waals surface area contributed by atoms with Gasteiger partial charge >= 0.3 is 5.97 Å². The second kappa shape index (κ2) is 6.19. The average molecular weight is 265 g/mol. The Morgan fingerprint density at radius 3 is 3.05 bits per heavy atom. The van der Waals surface area contributed by atoms with E-state index in [-0.39, 0.29) is 12.0 Å². The van der Waals surface area contributed by atoms with Crippen LogP contribution in [0.15, 0.2) is 12.5 Å². The maximum atomic E-state index is 11.5. The standard InChI is InChI=1S/C14H23N3O2/c1-3-6-17-10-15-8-12(17)9-16-7-4-5-11(2)13(16)14(18)19/h8,10-11,13H,3-7,9H2,1-2H3,(H,18,19). The fourth-order valence-electron chi connectivity index (χ4n) is 2.98. The number of hydrogen-bond donors (Lipinski definition) is 1. The van der Waals surface area contributed by atoms with Gasteiger partial charge in [0.1, 0.15) is 6.04 Å². The van der Waals surface area contributed by atoms with Crippen molar-refractivity contribution in [1.82, 2.24) is 14.5 Å². The molecule has 1 aliphatic rings. The van der Waals surface area contributed by atoms with Crippen LogP contribution < -0.4 is 0 Å². The quantitative estimate of drug-likeness (QED) is 0.884. The normalized spacial score (nSPS) is 24.5. The molecule has 0 spiro atoms. The van der Waals surface area contributed by atoms with Gasteiger partial charge in [0.25, 0.3) is 0 Å². The highest BCUT2D eigenvalue weighted by Crippen LogP contribution is 2.25. The summed E-state index contributed by atoms with van der Waals surface area (Å²) in [5, 5.41) is 9.42. The van der Waals surface area contributed by atoms with Gasteiger partial charge in [0.15, 0.2) is 0 Å². The molecule has 0 aromatic carbocycles. The fourth-order valence-corrected chi connectivity index (χ4v) is 2.98. The predicted octanol–water partition coefficient (Wildman–Crippen LogP) is 1.98. The molecule has 19 heavy (non-hydrogen) atoms. The van der Waals surface area contributed by atoms with E-state index in [2.05, 4.69) is 21.4 Å². The van der Waals surface area contributed by atoms with Crippen LogP contribution in [0.2, 0.25) is 0 Å². The first kappa shape index (κ1) is 14.1. The minimum absolute atomic E-state index is 0.216. The molecule has 2 heterocycles. The first-order chi connectivity index (χ1) is 9.13. The summed E-state index contributed by atoms with van der Waals surface area (Å²) in [7, 11) is 0. The number of imidazole rings is 1. The molecule has 1 aliphatic heterocycles. The zero-order valence-corrected chi connectivity index (χ0v) is 11.7. The van der Waals surface area contributed by atoms with Gasteiger partial charge < -0.3 is 9.67 Å². The lowest BCUT2D eigenvalue weighted by Crippen LogP contribution is -2.48. The van der Waals surface area contributed by atoms with Crippen molar-refractivity contribution in [3.63, 3.8) is 0 Å². The Morgan fingerprint density at radius 2 is 2.37 bits per heavy atom. The summed E-state index contributed by atoms with van der Waals surface area (Å²) in [4.78, 5) is 17.7. The number of piperidine rings is 1. The number of carbonyl (C=O) groups is 1. The van der Waals surface area contributed by atoms with E-state index in [0.717, 1.165) is 38.0 Å². The minimum Gasteiger partial charge on any atom is -0.480 e. The average Bonchev–Trinajstić information content (AvgIpc) is 2.77. The van der Waals surface area contributed by atoms with Crippen molar-refractivity contribution in [1.29, 1.82) is 0 Å². The summed E-state index contributed by atoms with van der Waals surface area (Å²) in [5.74, 6) is -0.484. The van der Waals surface area contributed by atoms with Crippen LogP contribution in [0.4, 0.5) is 0 Å². The number of hydrogen-bond acceptors (Lipinski definition) is 3. The lowest BCUT2D eigenvalue weighted by atomic mass is 9.91. The third-order valence-electron chi connectivity index (χ3n) is 3.92. The first-order valence-corrected chi connectivity index (χ1v) is 7.09. The molecule has 106 valence electrons.